The summed E-state index contributed by atoms with van der Waals surface area (Å²) in [5, 5.41) is 21.1. The molecule has 0 saturated carbocycles. The maximum Gasteiger partial charge on any atom is 0.231 e. The van der Waals surface area contributed by atoms with E-state index in [2.05, 4.69) is 21.6 Å². The minimum absolute atomic E-state index is 0.280. The predicted molar refractivity (Wildman–Crippen MR) is 75.9 cm³/mol. The lowest BCUT2D eigenvalue weighted by molar-refractivity contribution is 0.848. The van der Waals surface area contributed by atoms with Gasteiger partial charge in [0.2, 0.25) is 5.95 Å². The summed E-state index contributed by atoms with van der Waals surface area (Å²) in [6.45, 7) is 0. The molecule has 20 heavy (non-hydrogen) atoms. The van der Waals surface area contributed by atoms with E-state index in [1.807, 2.05) is 0 Å². The number of nitrogens with zero attached hydrogens (tertiary/aromatic N) is 4. The Kier molecular flexibility index (Phi) is 3.01. The highest BCUT2D eigenvalue weighted by Crippen LogP contribution is 2.36. The van der Waals surface area contributed by atoms with Gasteiger partial charge in [-0.3, -0.25) is 4.57 Å². The quantitative estimate of drug-likeness (QED) is 0.844. The Labute approximate surface area is 124 Å². The van der Waals surface area contributed by atoms with Crippen molar-refractivity contribution in [3.63, 3.8) is 0 Å². The molecule has 1 atom stereocenters. The van der Waals surface area contributed by atoms with E-state index in [9.17, 15) is 5.26 Å². The van der Waals surface area contributed by atoms with Crippen molar-refractivity contribution in [2.45, 2.75) is 6.04 Å². The van der Waals surface area contributed by atoms with Crippen LogP contribution in [0.3, 0.4) is 0 Å². The van der Waals surface area contributed by atoms with Crippen LogP contribution in [0, 0.1) is 11.3 Å². The van der Waals surface area contributed by atoms with Crippen LogP contribution >= 0.6 is 23.2 Å². The van der Waals surface area contributed by atoms with Crippen LogP contribution in [0.5, 0.6) is 0 Å². The topological polar surface area (TPSA) is 92.5 Å². The highest BCUT2D eigenvalue weighted by Gasteiger charge is 2.29. The average Bonchev–Trinajstić information content (AvgIpc) is 2.87. The molecule has 0 fully saturated rings. The van der Waals surface area contributed by atoms with Gasteiger partial charge in [0.1, 0.15) is 18.2 Å². The van der Waals surface area contributed by atoms with Gasteiger partial charge in [-0.15, -0.1) is 10.2 Å². The van der Waals surface area contributed by atoms with Crippen LogP contribution in [0.2, 0.25) is 10.0 Å². The smallest absolute Gasteiger partial charge is 0.231 e. The third-order valence-electron chi connectivity index (χ3n) is 3.04. The minimum atomic E-state index is -0.485. The van der Waals surface area contributed by atoms with E-state index in [-0.39, 0.29) is 5.82 Å². The predicted octanol–water partition coefficient (Wildman–Crippen LogP) is 2.40. The molecule has 0 amide bonds. The lowest BCUT2D eigenvalue weighted by atomic mass is 9.98. The Morgan fingerprint density at radius 3 is 2.90 bits per heavy atom. The second-order valence-electron chi connectivity index (χ2n) is 4.18. The van der Waals surface area contributed by atoms with Crippen LogP contribution in [-0.2, 0) is 0 Å². The van der Waals surface area contributed by atoms with Crippen LogP contribution in [0.4, 0.5) is 5.95 Å². The molecule has 1 unspecified atom stereocenters. The van der Waals surface area contributed by atoms with Crippen LogP contribution in [-0.4, -0.2) is 14.8 Å². The van der Waals surface area contributed by atoms with E-state index in [0.29, 0.717) is 27.1 Å². The van der Waals surface area contributed by atoms with Gasteiger partial charge >= 0.3 is 0 Å². The monoisotopic (exact) mass is 306 g/mol. The zero-order valence-electron chi connectivity index (χ0n) is 10.0. The fourth-order valence-corrected chi connectivity index (χ4v) is 2.60. The molecule has 1 aromatic heterocycles. The van der Waals surface area contributed by atoms with Gasteiger partial charge in [0, 0.05) is 10.0 Å². The molecular weight excluding hydrogens is 299 g/mol. The highest BCUT2D eigenvalue weighted by molar-refractivity contribution is 6.35. The van der Waals surface area contributed by atoms with E-state index >= 15 is 0 Å². The summed E-state index contributed by atoms with van der Waals surface area (Å²) in [5.74, 6) is 0.736. The molecule has 3 rings (SSSR count). The molecule has 100 valence electrons. The van der Waals surface area contributed by atoms with Crippen LogP contribution < -0.4 is 11.1 Å². The van der Waals surface area contributed by atoms with Crippen molar-refractivity contribution >= 4 is 35.0 Å². The first-order chi connectivity index (χ1) is 9.61. The van der Waals surface area contributed by atoms with Gasteiger partial charge in [-0.2, -0.15) is 5.26 Å². The molecule has 3 N–H and O–H groups in total. The van der Waals surface area contributed by atoms with E-state index in [0.717, 1.165) is 0 Å². The number of hydrogen-bond donors (Lipinski definition) is 2. The maximum absolute atomic E-state index is 9.35. The molecule has 2 aromatic rings. The third-order valence-corrected chi connectivity index (χ3v) is 3.60. The average molecular weight is 307 g/mol. The minimum Gasteiger partial charge on any atom is -0.384 e. The number of hydrogen-bond acceptors (Lipinski definition) is 5. The number of halogens is 2. The summed E-state index contributed by atoms with van der Waals surface area (Å²) in [4.78, 5) is 0. The molecule has 1 aliphatic heterocycles. The number of nitriles is 1. The Morgan fingerprint density at radius 1 is 1.40 bits per heavy atom. The summed E-state index contributed by atoms with van der Waals surface area (Å²) in [7, 11) is 0. The summed E-state index contributed by atoms with van der Waals surface area (Å²) in [5.41, 5.74) is 7.03. The van der Waals surface area contributed by atoms with Crippen molar-refractivity contribution in [3.8, 4) is 6.07 Å². The lowest BCUT2D eigenvalue weighted by Crippen LogP contribution is -2.26. The Morgan fingerprint density at radius 2 is 2.20 bits per heavy atom. The summed E-state index contributed by atoms with van der Waals surface area (Å²) in [6.07, 6.45) is 1.44. The standard InChI is InChI=1S/C12H8Cl2N6/c13-6-1-2-7(9(14)3-6)10-8(4-15)11(16)20-5-17-19-12(20)18-10/h1-3,5,10H,16H2,(H,18,19). The number of fused-ring (bicyclic) bond motifs is 1. The number of benzene rings is 1. The Bertz CT molecular complexity index is 758. The zero-order chi connectivity index (χ0) is 14.3. The maximum atomic E-state index is 9.35. The lowest BCUT2D eigenvalue weighted by Gasteiger charge is -2.26. The molecule has 1 aliphatic rings. The van der Waals surface area contributed by atoms with Crippen molar-refractivity contribution in [2.24, 2.45) is 5.73 Å². The highest BCUT2D eigenvalue weighted by atomic mass is 35.5. The molecule has 6 nitrogen and oxygen atoms in total. The van der Waals surface area contributed by atoms with Gasteiger partial charge in [-0.25, -0.2) is 0 Å². The SMILES string of the molecule is N#CC1=C(N)n2cnnc2NC1c1ccc(Cl)cc1Cl. The molecule has 8 heteroatoms. The summed E-state index contributed by atoms with van der Waals surface area (Å²) < 4.78 is 1.51. The molecule has 0 spiro atoms. The Balaban J connectivity index is 2.16. The van der Waals surface area contributed by atoms with E-state index < -0.39 is 6.04 Å². The van der Waals surface area contributed by atoms with Crippen molar-refractivity contribution < 1.29 is 0 Å². The number of nitrogens with two attached hydrogens (primary N) is 1. The molecular formula is C12H8Cl2N6. The van der Waals surface area contributed by atoms with Gasteiger partial charge in [0.15, 0.2) is 0 Å². The van der Waals surface area contributed by atoms with Gasteiger partial charge in [0.05, 0.1) is 11.6 Å². The van der Waals surface area contributed by atoms with Crippen molar-refractivity contribution in [2.75, 3.05) is 5.32 Å². The van der Waals surface area contributed by atoms with Crippen LogP contribution in [0.15, 0.2) is 30.1 Å². The van der Waals surface area contributed by atoms with Crippen LogP contribution in [0.25, 0.3) is 5.82 Å². The van der Waals surface area contributed by atoms with Gasteiger partial charge in [0.25, 0.3) is 0 Å². The first kappa shape index (κ1) is 12.8. The molecule has 0 radical (unpaired) electrons. The second-order valence-corrected chi connectivity index (χ2v) is 5.02. The van der Waals surface area contributed by atoms with Crippen molar-refractivity contribution in [3.05, 3.63) is 45.7 Å². The third kappa shape index (κ3) is 1.88. The molecule has 1 aromatic carbocycles. The Hall–Kier alpha value is -2.23. The fourth-order valence-electron chi connectivity index (χ4n) is 2.08. The van der Waals surface area contributed by atoms with E-state index in [1.165, 1.54) is 10.9 Å². The number of nitrogens with one attached hydrogen (secondary N) is 1. The largest absolute Gasteiger partial charge is 0.384 e. The van der Waals surface area contributed by atoms with Gasteiger partial charge in [-0.05, 0) is 17.7 Å². The molecule has 0 aliphatic carbocycles. The van der Waals surface area contributed by atoms with Crippen molar-refractivity contribution in [1.82, 2.24) is 14.8 Å². The normalized spacial score (nSPS) is 17.4. The first-order valence-corrected chi connectivity index (χ1v) is 6.39. The molecule has 0 bridgehead atoms. The van der Waals surface area contributed by atoms with Gasteiger partial charge in [-0.1, -0.05) is 29.3 Å². The van der Waals surface area contributed by atoms with Crippen LogP contribution in [0.1, 0.15) is 11.6 Å². The number of anilines is 1. The zero-order valence-corrected chi connectivity index (χ0v) is 11.5. The van der Waals surface area contributed by atoms with Crippen molar-refractivity contribution in [1.29, 1.82) is 5.26 Å². The molecule has 2 heterocycles. The van der Waals surface area contributed by atoms with Gasteiger partial charge < -0.3 is 11.1 Å². The molecule has 0 saturated heterocycles. The van der Waals surface area contributed by atoms with E-state index in [1.54, 1.807) is 18.2 Å². The first-order valence-electron chi connectivity index (χ1n) is 5.63. The second kappa shape index (κ2) is 4.71. The summed E-state index contributed by atoms with van der Waals surface area (Å²) >= 11 is 12.1. The summed E-state index contributed by atoms with van der Waals surface area (Å²) in [6, 6.07) is 6.68. The van der Waals surface area contributed by atoms with E-state index in [4.69, 9.17) is 28.9 Å². The number of rotatable bonds is 1. The number of aromatic nitrogens is 3. The fraction of sp³-hybridized carbons (Fsp3) is 0.0833.